The van der Waals surface area contributed by atoms with Gasteiger partial charge in [-0.3, -0.25) is 0 Å². The van der Waals surface area contributed by atoms with Crippen LogP contribution < -0.4 is 15.2 Å². The lowest BCUT2D eigenvalue weighted by Crippen LogP contribution is -2.34. The first-order chi connectivity index (χ1) is 15.7. The van der Waals surface area contributed by atoms with E-state index in [-0.39, 0.29) is 5.95 Å². The van der Waals surface area contributed by atoms with Crippen LogP contribution in [0.1, 0.15) is 20.8 Å². The molecule has 0 radical (unpaired) electrons. The number of rotatable bonds is 4. The molecule has 0 saturated heterocycles. The zero-order valence-electron chi connectivity index (χ0n) is 19.0. The number of fused-ring (bicyclic) bond motifs is 1. The largest absolute Gasteiger partial charge is 0.493 e. The van der Waals surface area contributed by atoms with Crippen LogP contribution >= 0.6 is 0 Å². The molecule has 4 aromatic rings. The normalized spacial score (nSPS) is 11.4. The summed E-state index contributed by atoms with van der Waals surface area (Å²) in [7, 11) is 3.13. The van der Waals surface area contributed by atoms with Crippen LogP contribution in [-0.2, 0) is 4.74 Å². The predicted octanol–water partition coefficient (Wildman–Crippen LogP) is 4.05. The highest BCUT2D eigenvalue weighted by Gasteiger charge is 2.25. The maximum atomic E-state index is 13.2. The van der Waals surface area contributed by atoms with E-state index in [9.17, 15) is 9.59 Å². The molecule has 9 nitrogen and oxygen atoms in total. The topological polar surface area (TPSA) is 97.5 Å². The lowest BCUT2D eigenvalue weighted by molar-refractivity contribution is 0.0538. The number of ether oxygens (including phenoxy) is 3. The molecule has 2 heterocycles. The summed E-state index contributed by atoms with van der Waals surface area (Å²) >= 11 is 0. The van der Waals surface area contributed by atoms with Gasteiger partial charge in [-0.15, -0.1) is 0 Å². The lowest BCUT2D eigenvalue weighted by Gasteiger charge is -2.19. The summed E-state index contributed by atoms with van der Waals surface area (Å²) in [6.45, 7) is 5.22. The maximum absolute atomic E-state index is 13.2. The third kappa shape index (κ3) is 4.17. The highest BCUT2D eigenvalue weighted by molar-refractivity contribution is 5.87. The molecule has 170 valence electrons. The fraction of sp³-hybridized carbons (Fsp3) is 0.250. The first kappa shape index (κ1) is 22.1. The van der Waals surface area contributed by atoms with Crippen molar-refractivity contribution in [2.45, 2.75) is 26.4 Å². The molecule has 0 bridgehead atoms. The van der Waals surface area contributed by atoms with Gasteiger partial charge in [0.15, 0.2) is 11.5 Å². The van der Waals surface area contributed by atoms with Gasteiger partial charge in [0.1, 0.15) is 5.60 Å². The fourth-order valence-corrected chi connectivity index (χ4v) is 3.43. The lowest BCUT2D eigenvalue weighted by atomic mass is 10.1. The molecule has 0 aliphatic rings. The van der Waals surface area contributed by atoms with Gasteiger partial charge >= 0.3 is 11.8 Å². The highest BCUT2D eigenvalue weighted by atomic mass is 16.6. The Kier molecular flexibility index (Phi) is 5.63. The zero-order chi connectivity index (χ0) is 23.8. The quantitative estimate of drug-likeness (QED) is 0.465. The molecule has 0 N–H and O–H groups in total. The molecule has 4 rings (SSSR count). The molecule has 2 aromatic carbocycles. The molecule has 0 aliphatic heterocycles. The number of para-hydroxylation sites is 2. The van der Waals surface area contributed by atoms with Gasteiger partial charge in [-0.1, -0.05) is 18.2 Å². The van der Waals surface area contributed by atoms with Crippen molar-refractivity contribution < 1.29 is 19.0 Å². The van der Waals surface area contributed by atoms with Crippen molar-refractivity contribution in [2.24, 2.45) is 0 Å². The van der Waals surface area contributed by atoms with E-state index in [2.05, 4.69) is 9.97 Å². The second-order valence-corrected chi connectivity index (χ2v) is 8.26. The highest BCUT2D eigenvalue weighted by Crippen LogP contribution is 2.32. The molecule has 0 fully saturated rings. The van der Waals surface area contributed by atoms with Crippen LogP contribution in [0.15, 0.2) is 59.7 Å². The van der Waals surface area contributed by atoms with Crippen LogP contribution in [0, 0.1) is 0 Å². The molecule has 0 saturated carbocycles. The van der Waals surface area contributed by atoms with Crippen molar-refractivity contribution in [1.29, 1.82) is 0 Å². The van der Waals surface area contributed by atoms with Gasteiger partial charge in [-0.25, -0.2) is 24.1 Å². The number of hydrogen-bond donors (Lipinski definition) is 0. The minimum absolute atomic E-state index is 0.141. The molecular weight excluding hydrogens is 424 g/mol. The molecule has 0 unspecified atom stereocenters. The van der Waals surface area contributed by atoms with Crippen molar-refractivity contribution in [2.75, 3.05) is 14.2 Å². The fourth-order valence-electron chi connectivity index (χ4n) is 3.43. The number of carbonyl (C=O) groups excluding carboxylic acids is 1. The Bertz CT molecular complexity index is 1380. The first-order valence-electron chi connectivity index (χ1n) is 10.2. The number of benzene rings is 2. The minimum Gasteiger partial charge on any atom is -0.493 e. The van der Waals surface area contributed by atoms with Gasteiger partial charge in [-0.05, 0) is 50.6 Å². The number of aromatic nitrogens is 4. The Hall–Kier alpha value is -4.14. The predicted molar refractivity (Wildman–Crippen MR) is 123 cm³/mol. The van der Waals surface area contributed by atoms with Crippen molar-refractivity contribution in [3.63, 3.8) is 0 Å². The minimum atomic E-state index is -0.760. The van der Waals surface area contributed by atoms with Crippen LogP contribution in [0.3, 0.4) is 0 Å². The summed E-state index contributed by atoms with van der Waals surface area (Å²) in [5.41, 5.74) is 1.09. The molecule has 0 amide bonds. The number of carbonyl (C=O) groups is 1. The average Bonchev–Trinajstić information content (AvgIpc) is 3.09. The van der Waals surface area contributed by atoms with Crippen molar-refractivity contribution in [3.8, 4) is 28.6 Å². The third-order valence-electron chi connectivity index (χ3n) is 4.88. The molecule has 9 heteroatoms. The Morgan fingerprint density at radius 3 is 2.12 bits per heavy atom. The van der Waals surface area contributed by atoms with E-state index in [1.54, 1.807) is 77.7 Å². The van der Waals surface area contributed by atoms with Gasteiger partial charge in [0.2, 0.25) is 5.95 Å². The summed E-state index contributed by atoms with van der Waals surface area (Å²) < 4.78 is 18.3. The van der Waals surface area contributed by atoms with Crippen molar-refractivity contribution in [1.82, 2.24) is 19.1 Å². The maximum Gasteiger partial charge on any atom is 0.423 e. The molecule has 2 aromatic heterocycles. The first-order valence-corrected chi connectivity index (χ1v) is 10.2. The van der Waals surface area contributed by atoms with E-state index < -0.39 is 17.4 Å². The van der Waals surface area contributed by atoms with Crippen LogP contribution in [0.25, 0.3) is 28.1 Å². The SMILES string of the molecule is COc1ccc(-c2cnc(-n3c(=O)n(C(=O)OC(C)(C)C)c4ccccc43)nc2)cc1OC. The summed E-state index contributed by atoms with van der Waals surface area (Å²) in [6.07, 6.45) is 2.45. The van der Waals surface area contributed by atoms with Gasteiger partial charge in [0, 0.05) is 18.0 Å². The monoisotopic (exact) mass is 448 g/mol. The molecular formula is C24H24N4O5. The average molecular weight is 448 g/mol. The van der Waals surface area contributed by atoms with E-state index in [0.29, 0.717) is 22.5 Å². The number of nitrogens with zero attached hydrogens (tertiary/aromatic N) is 4. The Balaban J connectivity index is 1.78. The summed E-state index contributed by atoms with van der Waals surface area (Å²) in [5, 5.41) is 0. The van der Waals surface area contributed by atoms with Crippen LogP contribution in [0.5, 0.6) is 11.5 Å². The molecule has 33 heavy (non-hydrogen) atoms. The Morgan fingerprint density at radius 1 is 0.879 bits per heavy atom. The molecule has 0 aliphatic carbocycles. The zero-order valence-corrected chi connectivity index (χ0v) is 19.0. The van der Waals surface area contributed by atoms with Crippen molar-refractivity contribution >= 4 is 17.1 Å². The second kappa shape index (κ2) is 8.42. The van der Waals surface area contributed by atoms with Crippen LogP contribution in [0.2, 0.25) is 0 Å². The third-order valence-corrected chi connectivity index (χ3v) is 4.88. The van der Waals surface area contributed by atoms with Gasteiger partial charge in [0.05, 0.1) is 25.3 Å². The van der Waals surface area contributed by atoms with E-state index in [1.165, 1.54) is 4.57 Å². The Labute approximate surface area is 190 Å². The second-order valence-electron chi connectivity index (χ2n) is 8.26. The standard InChI is InChI=1S/C24H24N4O5/c1-24(2,3)33-23(30)28-18-9-7-6-8-17(18)27(22(28)29)21-25-13-16(14-26-21)15-10-11-19(31-4)20(12-15)32-5/h6-14H,1-5H3. The summed E-state index contributed by atoms with van der Waals surface area (Å²) in [6, 6.07) is 12.4. The number of imidazole rings is 1. The van der Waals surface area contributed by atoms with E-state index in [4.69, 9.17) is 14.2 Å². The van der Waals surface area contributed by atoms with Gasteiger partial charge in [-0.2, -0.15) is 4.57 Å². The summed E-state index contributed by atoms with van der Waals surface area (Å²) in [4.78, 5) is 34.8. The van der Waals surface area contributed by atoms with E-state index in [1.807, 2.05) is 12.1 Å². The van der Waals surface area contributed by atoms with Gasteiger partial charge in [0.25, 0.3) is 0 Å². The molecule has 0 atom stereocenters. The van der Waals surface area contributed by atoms with Crippen LogP contribution in [-0.4, -0.2) is 45.0 Å². The Morgan fingerprint density at radius 2 is 1.52 bits per heavy atom. The van der Waals surface area contributed by atoms with Crippen molar-refractivity contribution in [3.05, 3.63) is 65.3 Å². The summed E-state index contributed by atoms with van der Waals surface area (Å²) in [5.74, 6) is 1.33. The molecule has 0 spiro atoms. The van der Waals surface area contributed by atoms with E-state index in [0.717, 1.165) is 15.7 Å². The van der Waals surface area contributed by atoms with E-state index >= 15 is 0 Å². The van der Waals surface area contributed by atoms with Gasteiger partial charge < -0.3 is 14.2 Å². The smallest absolute Gasteiger partial charge is 0.423 e. The van der Waals surface area contributed by atoms with Crippen LogP contribution in [0.4, 0.5) is 4.79 Å². The number of hydrogen-bond acceptors (Lipinski definition) is 7. The number of methoxy groups -OCH3 is 2.